The number of fused-ring (bicyclic) bond motifs is 4. The fourth-order valence-corrected chi connectivity index (χ4v) is 3.22. The zero-order chi connectivity index (χ0) is 17.7. The maximum absolute atomic E-state index is 14.2. The van der Waals surface area contributed by atoms with Gasteiger partial charge in [0.15, 0.2) is 0 Å². The maximum Gasteiger partial charge on any atom is 0.280 e. The van der Waals surface area contributed by atoms with E-state index in [0.29, 0.717) is 24.0 Å². The van der Waals surface area contributed by atoms with Crippen LogP contribution in [-0.4, -0.2) is 32.0 Å². The highest BCUT2D eigenvalue weighted by molar-refractivity contribution is 5.98. The summed E-state index contributed by atoms with van der Waals surface area (Å²) in [5.41, 5.74) is 2.33. The van der Waals surface area contributed by atoms with Crippen molar-refractivity contribution in [2.45, 2.75) is 6.54 Å². The summed E-state index contributed by atoms with van der Waals surface area (Å²) in [7, 11) is 0. The lowest BCUT2D eigenvalue weighted by Gasteiger charge is -2.08. The Morgan fingerprint density at radius 2 is 2.19 bits per heavy atom. The molecular formula is C18H13FN6O. The van der Waals surface area contributed by atoms with E-state index < -0.39 is 11.7 Å². The standard InChI is InChI=1S/C18H13FN6O/c19-12-3-1-2-11-15(12)23-18(25-7-6-20-16(11)25)24-17(26)10-4-5-13-14(8-10)22-9-21-13/h1-5,8-9,20H,6-7H2,(H,21,22). The van der Waals surface area contributed by atoms with Crippen LogP contribution in [0.5, 0.6) is 0 Å². The van der Waals surface area contributed by atoms with Crippen LogP contribution < -0.4 is 10.9 Å². The quantitative estimate of drug-likeness (QED) is 0.552. The highest BCUT2D eigenvalue weighted by Gasteiger charge is 2.18. The minimum atomic E-state index is -0.442. The first kappa shape index (κ1) is 14.8. The number of rotatable bonds is 1. The Balaban J connectivity index is 1.70. The summed E-state index contributed by atoms with van der Waals surface area (Å²) >= 11 is 0. The zero-order valence-electron chi connectivity index (χ0n) is 13.5. The van der Waals surface area contributed by atoms with E-state index in [4.69, 9.17) is 0 Å². The fraction of sp³-hybridized carbons (Fsp3) is 0.111. The van der Waals surface area contributed by atoms with Crippen molar-refractivity contribution < 1.29 is 9.18 Å². The van der Waals surface area contributed by atoms with Gasteiger partial charge in [-0.1, -0.05) is 6.07 Å². The van der Waals surface area contributed by atoms with E-state index in [1.165, 1.54) is 6.07 Å². The van der Waals surface area contributed by atoms with Crippen LogP contribution in [0.4, 0.5) is 10.2 Å². The van der Waals surface area contributed by atoms with Gasteiger partial charge in [-0.3, -0.25) is 9.36 Å². The Kier molecular flexibility index (Phi) is 3.11. The summed E-state index contributed by atoms with van der Waals surface area (Å²) in [6, 6.07) is 9.90. The SMILES string of the molecule is O=C(N=c1nc2c(F)cccc2c2n1CCN2)c1ccc2nc[nH]c2c1. The van der Waals surface area contributed by atoms with Crippen molar-refractivity contribution in [1.82, 2.24) is 19.5 Å². The molecule has 1 aliphatic heterocycles. The first-order chi connectivity index (χ1) is 12.7. The Bertz CT molecular complexity index is 1260. The monoisotopic (exact) mass is 348 g/mol. The molecule has 2 N–H and O–H groups in total. The van der Waals surface area contributed by atoms with Crippen LogP contribution in [0.3, 0.4) is 0 Å². The molecule has 5 rings (SSSR count). The number of halogens is 1. The number of aromatic amines is 1. The van der Waals surface area contributed by atoms with Crippen LogP contribution >= 0.6 is 0 Å². The van der Waals surface area contributed by atoms with Gasteiger partial charge in [0.05, 0.1) is 17.4 Å². The van der Waals surface area contributed by atoms with Gasteiger partial charge in [0.2, 0.25) is 5.62 Å². The first-order valence-corrected chi connectivity index (χ1v) is 8.16. The maximum atomic E-state index is 14.2. The van der Waals surface area contributed by atoms with E-state index in [0.717, 1.165) is 16.9 Å². The Labute approximate surface area is 146 Å². The molecule has 0 spiro atoms. The third kappa shape index (κ3) is 2.19. The molecule has 0 saturated heterocycles. The number of para-hydroxylation sites is 1. The van der Waals surface area contributed by atoms with Crippen molar-refractivity contribution in [3.63, 3.8) is 0 Å². The molecule has 128 valence electrons. The number of carbonyl (C=O) groups is 1. The van der Waals surface area contributed by atoms with Gasteiger partial charge in [0.25, 0.3) is 5.91 Å². The average Bonchev–Trinajstić information content (AvgIpc) is 3.31. The summed E-state index contributed by atoms with van der Waals surface area (Å²) in [5.74, 6) is -0.154. The van der Waals surface area contributed by atoms with E-state index >= 15 is 0 Å². The van der Waals surface area contributed by atoms with Gasteiger partial charge in [-0.05, 0) is 30.3 Å². The number of anilines is 1. The molecule has 0 unspecified atom stereocenters. The molecule has 0 bridgehead atoms. The highest BCUT2D eigenvalue weighted by Crippen LogP contribution is 2.24. The largest absolute Gasteiger partial charge is 0.369 e. The van der Waals surface area contributed by atoms with Crippen molar-refractivity contribution in [2.24, 2.45) is 4.99 Å². The lowest BCUT2D eigenvalue weighted by molar-refractivity contribution is 0.0996. The van der Waals surface area contributed by atoms with Crippen LogP contribution in [0.2, 0.25) is 0 Å². The molecule has 0 radical (unpaired) electrons. The molecule has 0 aliphatic carbocycles. The lowest BCUT2D eigenvalue weighted by atomic mass is 10.2. The Hall–Kier alpha value is -3.55. The number of nitrogens with zero attached hydrogens (tertiary/aromatic N) is 4. The summed E-state index contributed by atoms with van der Waals surface area (Å²) in [4.78, 5) is 28.2. The smallest absolute Gasteiger partial charge is 0.280 e. The number of nitrogens with one attached hydrogen (secondary N) is 2. The van der Waals surface area contributed by atoms with E-state index in [2.05, 4.69) is 25.3 Å². The second-order valence-electron chi connectivity index (χ2n) is 6.03. The highest BCUT2D eigenvalue weighted by atomic mass is 19.1. The minimum absolute atomic E-state index is 0.192. The van der Waals surface area contributed by atoms with Crippen molar-refractivity contribution in [2.75, 3.05) is 11.9 Å². The van der Waals surface area contributed by atoms with Gasteiger partial charge in [0.1, 0.15) is 17.2 Å². The van der Waals surface area contributed by atoms with E-state index in [-0.39, 0.29) is 11.1 Å². The molecule has 26 heavy (non-hydrogen) atoms. The third-order valence-corrected chi connectivity index (χ3v) is 4.46. The van der Waals surface area contributed by atoms with Gasteiger partial charge < -0.3 is 10.3 Å². The molecule has 3 heterocycles. The van der Waals surface area contributed by atoms with Crippen LogP contribution in [-0.2, 0) is 6.54 Å². The number of aromatic nitrogens is 4. The van der Waals surface area contributed by atoms with Gasteiger partial charge in [-0.25, -0.2) is 14.4 Å². The van der Waals surface area contributed by atoms with Crippen LogP contribution in [0.1, 0.15) is 10.4 Å². The Morgan fingerprint density at radius 1 is 1.27 bits per heavy atom. The average molecular weight is 348 g/mol. The van der Waals surface area contributed by atoms with E-state index in [1.807, 2.05) is 0 Å². The topological polar surface area (TPSA) is 88.0 Å². The minimum Gasteiger partial charge on any atom is -0.369 e. The second kappa shape index (κ2) is 5.48. The lowest BCUT2D eigenvalue weighted by Crippen LogP contribution is -2.25. The predicted molar refractivity (Wildman–Crippen MR) is 94.2 cm³/mol. The number of amides is 1. The van der Waals surface area contributed by atoms with Crippen molar-refractivity contribution >= 4 is 33.7 Å². The molecule has 2 aromatic carbocycles. The first-order valence-electron chi connectivity index (χ1n) is 8.16. The van der Waals surface area contributed by atoms with Crippen molar-refractivity contribution in [3.8, 4) is 0 Å². The molecule has 4 aromatic rings. The number of imidazole rings is 1. The van der Waals surface area contributed by atoms with Gasteiger partial charge >= 0.3 is 0 Å². The number of hydrogen-bond donors (Lipinski definition) is 2. The van der Waals surface area contributed by atoms with Gasteiger partial charge in [-0.2, -0.15) is 4.99 Å². The molecule has 0 atom stereocenters. The van der Waals surface area contributed by atoms with Gasteiger partial charge in [-0.15, -0.1) is 0 Å². The van der Waals surface area contributed by atoms with Crippen LogP contribution in [0.25, 0.3) is 21.9 Å². The molecule has 8 heteroatoms. The molecule has 2 aromatic heterocycles. The van der Waals surface area contributed by atoms with E-state index in [9.17, 15) is 9.18 Å². The second-order valence-corrected chi connectivity index (χ2v) is 6.03. The predicted octanol–water partition coefficient (Wildman–Crippen LogP) is 2.22. The van der Waals surface area contributed by atoms with Gasteiger partial charge in [0, 0.05) is 24.0 Å². The summed E-state index contributed by atoms with van der Waals surface area (Å²) in [5, 5.41) is 3.89. The number of H-pyrrole nitrogens is 1. The number of hydrogen-bond acceptors (Lipinski definition) is 4. The van der Waals surface area contributed by atoms with Crippen LogP contribution in [0, 0.1) is 5.82 Å². The zero-order valence-corrected chi connectivity index (χ0v) is 13.5. The third-order valence-electron chi connectivity index (χ3n) is 4.46. The number of benzene rings is 2. The molecular weight excluding hydrogens is 335 g/mol. The summed E-state index contributed by atoms with van der Waals surface area (Å²) in [6.45, 7) is 1.29. The summed E-state index contributed by atoms with van der Waals surface area (Å²) in [6.07, 6.45) is 1.57. The fourth-order valence-electron chi connectivity index (χ4n) is 3.22. The normalized spacial score (nSPS) is 14.0. The molecule has 1 amide bonds. The molecule has 1 aliphatic rings. The Morgan fingerprint density at radius 3 is 3.12 bits per heavy atom. The number of carbonyl (C=O) groups excluding carboxylic acids is 1. The van der Waals surface area contributed by atoms with E-state index in [1.54, 1.807) is 41.2 Å². The van der Waals surface area contributed by atoms with Crippen molar-refractivity contribution in [3.05, 3.63) is 59.7 Å². The molecule has 0 saturated carbocycles. The molecule has 0 fully saturated rings. The van der Waals surface area contributed by atoms with Crippen LogP contribution in [0.15, 0.2) is 47.7 Å². The molecule has 7 nitrogen and oxygen atoms in total. The van der Waals surface area contributed by atoms with Crippen molar-refractivity contribution in [1.29, 1.82) is 0 Å². The summed E-state index contributed by atoms with van der Waals surface area (Å²) < 4.78 is 16.0.